The summed E-state index contributed by atoms with van der Waals surface area (Å²) in [6, 6.07) is 19.1. The fourth-order valence-corrected chi connectivity index (χ4v) is 4.68. The molecule has 8 heteroatoms. The van der Waals surface area contributed by atoms with Crippen LogP contribution in [0.4, 0.5) is 11.4 Å². The highest BCUT2D eigenvalue weighted by Gasteiger charge is 2.60. The molecule has 0 saturated carbocycles. The molecule has 3 aromatic carbocycles. The van der Waals surface area contributed by atoms with Gasteiger partial charge in [0.1, 0.15) is 17.4 Å². The zero-order valence-corrected chi connectivity index (χ0v) is 19.7. The molecule has 0 unspecified atom stereocenters. The van der Waals surface area contributed by atoms with E-state index >= 15 is 0 Å². The van der Waals surface area contributed by atoms with Gasteiger partial charge < -0.3 is 9.47 Å². The number of fused-ring (bicyclic) bond motifs is 1. The SMILES string of the molecule is COc1ccc([C@H]2[C@H]3C(=O)N(c4ccc(C)cc4)C(=O)[C@H]3ON2c2ccc(Cl)cc2)c(OC)c1. The topological polar surface area (TPSA) is 68.3 Å². The van der Waals surface area contributed by atoms with Gasteiger partial charge in [-0.15, -0.1) is 0 Å². The summed E-state index contributed by atoms with van der Waals surface area (Å²) < 4.78 is 11.0. The molecule has 0 aliphatic carbocycles. The third kappa shape index (κ3) is 3.57. The molecule has 2 saturated heterocycles. The van der Waals surface area contributed by atoms with Crippen LogP contribution in [-0.4, -0.2) is 32.1 Å². The van der Waals surface area contributed by atoms with Gasteiger partial charge in [-0.2, -0.15) is 0 Å². The third-order valence-electron chi connectivity index (χ3n) is 6.25. The first-order valence-electron chi connectivity index (χ1n) is 10.8. The Bertz CT molecular complexity index is 1250. The molecule has 5 rings (SSSR count). The highest BCUT2D eigenvalue weighted by Crippen LogP contribution is 2.50. The second kappa shape index (κ2) is 8.66. The summed E-state index contributed by atoms with van der Waals surface area (Å²) >= 11 is 6.08. The van der Waals surface area contributed by atoms with Crippen LogP contribution < -0.4 is 19.4 Å². The van der Waals surface area contributed by atoms with E-state index in [1.807, 2.05) is 25.1 Å². The molecule has 0 N–H and O–H groups in total. The highest BCUT2D eigenvalue weighted by molar-refractivity contribution is 6.30. The van der Waals surface area contributed by atoms with Crippen LogP contribution in [0.5, 0.6) is 11.5 Å². The first-order valence-corrected chi connectivity index (χ1v) is 11.2. The van der Waals surface area contributed by atoms with Gasteiger partial charge in [-0.1, -0.05) is 29.3 Å². The molecule has 3 aromatic rings. The number of ether oxygens (including phenoxy) is 2. The fraction of sp³-hybridized carbons (Fsp3) is 0.231. The van der Waals surface area contributed by atoms with Crippen LogP contribution in [0.2, 0.25) is 5.02 Å². The molecule has 7 nitrogen and oxygen atoms in total. The Hall–Kier alpha value is -3.55. The zero-order valence-electron chi connectivity index (χ0n) is 18.9. The number of methoxy groups -OCH3 is 2. The Morgan fingerprint density at radius 1 is 0.853 bits per heavy atom. The van der Waals surface area contributed by atoms with Crippen molar-refractivity contribution in [2.45, 2.75) is 19.1 Å². The van der Waals surface area contributed by atoms with Crippen molar-refractivity contribution in [2.75, 3.05) is 24.2 Å². The normalized spacial score (nSPS) is 21.7. The summed E-state index contributed by atoms with van der Waals surface area (Å²) in [6.07, 6.45) is -0.971. The van der Waals surface area contributed by atoms with Crippen molar-refractivity contribution in [2.24, 2.45) is 5.92 Å². The van der Waals surface area contributed by atoms with Crippen molar-refractivity contribution in [1.29, 1.82) is 0 Å². The second-order valence-corrected chi connectivity index (χ2v) is 8.69. The monoisotopic (exact) mass is 478 g/mol. The molecular formula is C26H23ClN2O5. The predicted molar refractivity (Wildman–Crippen MR) is 128 cm³/mol. The lowest BCUT2D eigenvalue weighted by molar-refractivity contribution is -0.126. The fourth-order valence-electron chi connectivity index (χ4n) is 4.55. The molecule has 2 heterocycles. The van der Waals surface area contributed by atoms with E-state index in [-0.39, 0.29) is 5.91 Å². The van der Waals surface area contributed by atoms with E-state index in [9.17, 15) is 9.59 Å². The molecule has 34 heavy (non-hydrogen) atoms. The number of carbonyl (C=O) groups excluding carboxylic acids is 2. The molecule has 2 aliphatic heterocycles. The maximum Gasteiger partial charge on any atom is 0.266 e. The Morgan fingerprint density at radius 2 is 1.53 bits per heavy atom. The number of carbonyl (C=O) groups is 2. The molecule has 2 amide bonds. The average molecular weight is 479 g/mol. The maximum absolute atomic E-state index is 13.7. The number of hydrogen-bond acceptors (Lipinski definition) is 6. The predicted octanol–water partition coefficient (Wildman–Crippen LogP) is 4.72. The van der Waals surface area contributed by atoms with Gasteiger partial charge in [0.2, 0.25) is 5.91 Å². The minimum absolute atomic E-state index is 0.321. The van der Waals surface area contributed by atoms with Gasteiger partial charge in [-0.3, -0.25) is 14.4 Å². The molecule has 174 valence electrons. The maximum atomic E-state index is 13.7. The lowest BCUT2D eigenvalue weighted by atomic mass is 9.90. The number of nitrogens with zero attached hydrogens (tertiary/aromatic N) is 2. The number of benzene rings is 3. The number of rotatable bonds is 5. The van der Waals surface area contributed by atoms with E-state index in [0.717, 1.165) is 5.56 Å². The van der Waals surface area contributed by atoms with Gasteiger partial charge in [0, 0.05) is 16.7 Å². The molecule has 2 aliphatic rings. The largest absolute Gasteiger partial charge is 0.497 e. The van der Waals surface area contributed by atoms with Crippen LogP contribution in [0.15, 0.2) is 66.7 Å². The number of amides is 2. The lowest BCUT2D eigenvalue weighted by Crippen LogP contribution is -2.37. The van der Waals surface area contributed by atoms with E-state index < -0.39 is 24.0 Å². The number of aryl methyl sites for hydroxylation is 1. The quantitative estimate of drug-likeness (QED) is 0.494. The van der Waals surface area contributed by atoms with Gasteiger partial charge in [-0.25, -0.2) is 9.96 Å². The first-order chi connectivity index (χ1) is 16.4. The van der Waals surface area contributed by atoms with Gasteiger partial charge in [-0.05, 0) is 55.5 Å². The van der Waals surface area contributed by atoms with Gasteiger partial charge in [0.05, 0.1) is 31.6 Å². The molecule has 0 bridgehead atoms. The minimum atomic E-state index is -0.971. The van der Waals surface area contributed by atoms with E-state index in [2.05, 4.69) is 0 Å². The Labute approximate surface area is 202 Å². The number of anilines is 2. The van der Waals surface area contributed by atoms with Crippen LogP contribution in [-0.2, 0) is 14.4 Å². The van der Waals surface area contributed by atoms with Crippen molar-refractivity contribution in [3.63, 3.8) is 0 Å². The number of hydrogen-bond donors (Lipinski definition) is 0. The van der Waals surface area contributed by atoms with E-state index in [0.29, 0.717) is 33.5 Å². The summed E-state index contributed by atoms with van der Waals surface area (Å²) in [5.74, 6) is -0.344. The molecular weight excluding hydrogens is 456 g/mol. The molecule has 0 spiro atoms. The summed E-state index contributed by atoms with van der Waals surface area (Å²) in [4.78, 5) is 34.6. The van der Waals surface area contributed by atoms with Crippen molar-refractivity contribution in [3.05, 3.63) is 82.9 Å². The average Bonchev–Trinajstić information content (AvgIpc) is 3.35. The third-order valence-corrected chi connectivity index (χ3v) is 6.50. The Kier molecular flexibility index (Phi) is 5.67. The van der Waals surface area contributed by atoms with Gasteiger partial charge in [0.15, 0.2) is 6.10 Å². The first kappa shape index (κ1) is 22.3. The molecule has 0 radical (unpaired) electrons. The molecule has 3 atom stereocenters. The van der Waals surface area contributed by atoms with Gasteiger partial charge >= 0.3 is 0 Å². The van der Waals surface area contributed by atoms with E-state index in [4.69, 9.17) is 25.9 Å². The summed E-state index contributed by atoms with van der Waals surface area (Å²) in [7, 11) is 3.13. The number of imide groups is 1. The summed E-state index contributed by atoms with van der Waals surface area (Å²) in [6.45, 7) is 1.95. The zero-order chi connectivity index (χ0) is 24.0. The summed E-state index contributed by atoms with van der Waals surface area (Å²) in [5, 5.41) is 2.18. The van der Waals surface area contributed by atoms with Crippen LogP contribution >= 0.6 is 11.6 Å². The van der Waals surface area contributed by atoms with Crippen molar-refractivity contribution in [1.82, 2.24) is 0 Å². The van der Waals surface area contributed by atoms with Crippen LogP contribution in [0.3, 0.4) is 0 Å². The molecule has 2 fully saturated rings. The highest BCUT2D eigenvalue weighted by atomic mass is 35.5. The van der Waals surface area contributed by atoms with Gasteiger partial charge in [0.25, 0.3) is 5.91 Å². The van der Waals surface area contributed by atoms with Crippen LogP contribution in [0, 0.1) is 12.8 Å². The Morgan fingerprint density at radius 3 is 2.18 bits per heavy atom. The number of hydroxylamine groups is 1. The van der Waals surface area contributed by atoms with E-state index in [1.165, 1.54) is 4.90 Å². The van der Waals surface area contributed by atoms with Crippen molar-refractivity contribution >= 4 is 34.8 Å². The smallest absolute Gasteiger partial charge is 0.266 e. The molecule has 0 aromatic heterocycles. The number of halogens is 1. The van der Waals surface area contributed by atoms with Crippen molar-refractivity contribution < 1.29 is 23.9 Å². The Balaban J connectivity index is 1.62. The minimum Gasteiger partial charge on any atom is -0.497 e. The van der Waals surface area contributed by atoms with Crippen LogP contribution in [0.25, 0.3) is 0 Å². The lowest BCUT2D eigenvalue weighted by Gasteiger charge is -2.29. The van der Waals surface area contributed by atoms with E-state index in [1.54, 1.807) is 67.8 Å². The second-order valence-electron chi connectivity index (χ2n) is 8.25. The van der Waals surface area contributed by atoms with Crippen LogP contribution in [0.1, 0.15) is 17.2 Å². The standard InChI is InChI=1S/C26H23ClN2O5/c1-15-4-8-17(9-5-15)28-25(30)22-23(20-13-12-19(32-2)14-21(20)33-3)29(34-24(22)26(28)31)18-10-6-16(27)7-11-18/h4-14,22-24H,1-3H3/t22-,23+,24+/m1/s1. The summed E-state index contributed by atoms with van der Waals surface area (Å²) in [5.41, 5.74) is 2.94. The van der Waals surface area contributed by atoms with Crippen molar-refractivity contribution in [3.8, 4) is 11.5 Å².